The Morgan fingerprint density at radius 3 is 2.47 bits per heavy atom. The Morgan fingerprint density at radius 1 is 0.980 bits per heavy atom. The fourth-order valence-corrected chi connectivity index (χ4v) is 6.51. The van der Waals surface area contributed by atoms with Crippen LogP contribution in [0.15, 0.2) is 66.9 Å². The molecule has 2 fully saturated rings. The van der Waals surface area contributed by atoms with Crippen molar-refractivity contribution in [3.63, 3.8) is 0 Å². The van der Waals surface area contributed by atoms with E-state index >= 15 is 4.39 Å². The molecular formula is C38H46FN7O3. The number of likely N-dealkylation sites (N-methyl/N-ethyl adjacent to an activating group) is 1. The Kier molecular flexibility index (Phi) is 11.2. The lowest BCUT2D eigenvalue weighted by Gasteiger charge is -2.42. The van der Waals surface area contributed by atoms with Crippen LogP contribution in [0.4, 0.5) is 33.2 Å². The Labute approximate surface area is 288 Å². The highest BCUT2D eigenvalue weighted by molar-refractivity contribution is 5.86. The van der Waals surface area contributed by atoms with Crippen molar-refractivity contribution in [1.82, 2.24) is 19.8 Å². The highest BCUT2D eigenvalue weighted by atomic mass is 19.1. The van der Waals surface area contributed by atoms with E-state index < -0.39 is 5.82 Å². The molecule has 10 nitrogen and oxygen atoms in total. The molecule has 3 aromatic carbocycles. The first-order valence-corrected chi connectivity index (χ1v) is 17.2. The largest absolute Gasteiger partial charge is 0.494 e. The number of rotatable bonds is 13. The van der Waals surface area contributed by atoms with E-state index in [1.807, 2.05) is 43.3 Å². The molecule has 1 aromatic heterocycles. The fraction of sp³-hybridized carbons (Fsp3) is 0.395. The van der Waals surface area contributed by atoms with E-state index in [9.17, 15) is 4.79 Å². The summed E-state index contributed by atoms with van der Waals surface area (Å²) in [4.78, 5) is 28.9. The van der Waals surface area contributed by atoms with Crippen LogP contribution in [0.1, 0.15) is 43.0 Å². The van der Waals surface area contributed by atoms with Gasteiger partial charge in [0.15, 0.2) is 17.9 Å². The van der Waals surface area contributed by atoms with E-state index in [1.165, 1.54) is 6.07 Å². The third kappa shape index (κ3) is 8.29. The topological polar surface area (TPSA) is 95.1 Å². The van der Waals surface area contributed by atoms with Crippen LogP contribution in [0.25, 0.3) is 11.1 Å². The van der Waals surface area contributed by atoms with Crippen LogP contribution in [0.5, 0.6) is 11.5 Å². The molecule has 2 saturated heterocycles. The summed E-state index contributed by atoms with van der Waals surface area (Å²) in [6.45, 7) is 8.95. The van der Waals surface area contributed by atoms with Crippen LogP contribution < -0.4 is 25.0 Å². The van der Waals surface area contributed by atoms with Crippen molar-refractivity contribution in [2.45, 2.75) is 38.6 Å². The number of nitrogens with one attached hydrogen (secondary N) is 2. The maximum atomic E-state index is 15.3. The smallest absolute Gasteiger partial charge is 0.229 e. The van der Waals surface area contributed by atoms with Crippen molar-refractivity contribution >= 4 is 35.1 Å². The number of benzene rings is 3. The van der Waals surface area contributed by atoms with Gasteiger partial charge in [-0.15, -0.1) is 0 Å². The Bertz CT molecular complexity index is 1710. The van der Waals surface area contributed by atoms with Gasteiger partial charge in [0.05, 0.1) is 25.0 Å². The molecule has 258 valence electrons. The summed E-state index contributed by atoms with van der Waals surface area (Å²) >= 11 is 0. The molecule has 2 aliphatic heterocycles. The van der Waals surface area contributed by atoms with Crippen LogP contribution in [0, 0.1) is 5.82 Å². The molecular weight excluding hydrogens is 621 g/mol. The van der Waals surface area contributed by atoms with Crippen molar-refractivity contribution in [1.29, 1.82) is 0 Å². The molecule has 0 atom stereocenters. The van der Waals surface area contributed by atoms with Gasteiger partial charge in [-0.2, -0.15) is 4.98 Å². The van der Waals surface area contributed by atoms with E-state index in [0.29, 0.717) is 47.6 Å². The molecule has 0 bridgehead atoms. The molecule has 3 heterocycles. The van der Waals surface area contributed by atoms with Crippen molar-refractivity contribution < 1.29 is 18.7 Å². The summed E-state index contributed by atoms with van der Waals surface area (Å²) in [5, 5.41) is 6.66. The van der Waals surface area contributed by atoms with Crippen LogP contribution >= 0.6 is 0 Å². The van der Waals surface area contributed by atoms with Gasteiger partial charge < -0.3 is 29.9 Å². The average molecular weight is 668 g/mol. The first-order valence-electron chi connectivity index (χ1n) is 17.2. The van der Waals surface area contributed by atoms with Gasteiger partial charge >= 0.3 is 0 Å². The van der Waals surface area contributed by atoms with Gasteiger partial charge in [0, 0.05) is 74.5 Å². The third-order valence-electron chi connectivity index (χ3n) is 9.40. The first-order chi connectivity index (χ1) is 23.9. The fourth-order valence-electron chi connectivity index (χ4n) is 6.51. The van der Waals surface area contributed by atoms with Gasteiger partial charge in [0.1, 0.15) is 11.6 Å². The number of anilines is 5. The minimum absolute atomic E-state index is 0.0427. The number of carbonyl (C=O) groups excluding carboxylic acids is 1. The summed E-state index contributed by atoms with van der Waals surface area (Å²) in [5.41, 5.74) is 3.75. The number of para-hydroxylation sites is 1. The van der Waals surface area contributed by atoms with Crippen molar-refractivity contribution in [3.8, 4) is 22.6 Å². The second kappa shape index (κ2) is 16.1. The van der Waals surface area contributed by atoms with Gasteiger partial charge in [-0.3, -0.25) is 9.69 Å². The zero-order chi connectivity index (χ0) is 34.2. The van der Waals surface area contributed by atoms with Crippen LogP contribution in [0.2, 0.25) is 0 Å². The average Bonchev–Trinajstić information content (AvgIpc) is 3.13. The number of carbonyl (C=O) groups is 1. The van der Waals surface area contributed by atoms with E-state index in [2.05, 4.69) is 49.5 Å². The maximum absolute atomic E-state index is 15.3. The molecule has 49 heavy (non-hydrogen) atoms. The second-order valence-electron chi connectivity index (χ2n) is 12.7. The first kappa shape index (κ1) is 34.1. The normalized spacial score (nSPS) is 16.0. The standard InChI is InChI=1S/C38H46FN7O3/c1-4-5-21-49-36-28(26-47)22-27(23-33(36)39)32-25-40-38(43-37(32)41-29-9-7-6-8-10-29)42-34-12-11-31(24-35(34)48-3)45-15-13-30(14-16-45)46-19-17-44(2)18-20-46/h6-12,22-26,30H,4-5,13-21H2,1-3H3,(H2,40,41,42,43). The Morgan fingerprint density at radius 2 is 1.76 bits per heavy atom. The molecule has 0 radical (unpaired) electrons. The number of aromatic nitrogens is 2. The van der Waals surface area contributed by atoms with Crippen LogP contribution in [-0.4, -0.2) is 92.1 Å². The number of methoxy groups -OCH3 is 1. The highest BCUT2D eigenvalue weighted by Gasteiger charge is 2.27. The number of piperazine rings is 1. The molecule has 0 spiro atoms. The quantitative estimate of drug-likeness (QED) is 0.115. The molecule has 11 heteroatoms. The maximum Gasteiger partial charge on any atom is 0.229 e. The number of piperidine rings is 1. The van der Waals surface area contributed by atoms with E-state index in [0.717, 1.165) is 82.0 Å². The van der Waals surface area contributed by atoms with Crippen LogP contribution in [0.3, 0.4) is 0 Å². The molecule has 0 saturated carbocycles. The van der Waals surface area contributed by atoms with Crippen molar-refractivity contribution in [3.05, 3.63) is 78.2 Å². The van der Waals surface area contributed by atoms with Gasteiger partial charge in [-0.05, 0) is 68.3 Å². The van der Waals surface area contributed by atoms with E-state index in [1.54, 1.807) is 19.4 Å². The predicted octanol–water partition coefficient (Wildman–Crippen LogP) is 6.99. The molecule has 2 aliphatic rings. The number of hydrogen-bond donors (Lipinski definition) is 2. The molecule has 2 N–H and O–H groups in total. The number of aldehydes is 1. The molecule has 0 unspecified atom stereocenters. The monoisotopic (exact) mass is 667 g/mol. The number of nitrogens with zero attached hydrogens (tertiary/aromatic N) is 5. The van der Waals surface area contributed by atoms with Gasteiger partial charge in [0.25, 0.3) is 0 Å². The summed E-state index contributed by atoms with van der Waals surface area (Å²) in [6.07, 6.45) is 6.19. The number of unbranched alkanes of at least 4 members (excludes halogenated alkanes) is 1. The van der Waals surface area contributed by atoms with E-state index in [-0.39, 0.29) is 11.3 Å². The Hall–Kier alpha value is -4.74. The minimum atomic E-state index is -0.614. The summed E-state index contributed by atoms with van der Waals surface area (Å²) in [7, 11) is 3.86. The highest BCUT2D eigenvalue weighted by Crippen LogP contribution is 2.36. The number of hydrogen-bond acceptors (Lipinski definition) is 10. The molecule has 4 aromatic rings. The lowest BCUT2D eigenvalue weighted by Crippen LogP contribution is -2.52. The lowest BCUT2D eigenvalue weighted by molar-refractivity contribution is 0.0982. The minimum Gasteiger partial charge on any atom is -0.494 e. The predicted molar refractivity (Wildman–Crippen MR) is 194 cm³/mol. The van der Waals surface area contributed by atoms with Crippen LogP contribution in [-0.2, 0) is 0 Å². The summed E-state index contributed by atoms with van der Waals surface area (Å²) in [6, 6.07) is 19.3. The lowest BCUT2D eigenvalue weighted by atomic mass is 10.0. The third-order valence-corrected chi connectivity index (χ3v) is 9.40. The number of ether oxygens (including phenoxy) is 2. The summed E-state index contributed by atoms with van der Waals surface area (Å²) in [5.74, 6) is 0.798. The summed E-state index contributed by atoms with van der Waals surface area (Å²) < 4.78 is 26.8. The van der Waals surface area contributed by atoms with Gasteiger partial charge in [-0.25, -0.2) is 9.37 Å². The zero-order valence-corrected chi connectivity index (χ0v) is 28.6. The zero-order valence-electron chi connectivity index (χ0n) is 28.6. The van der Waals surface area contributed by atoms with Crippen molar-refractivity contribution in [2.75, 3.05) is 75.6 Å². The second-order valence-corrected chi connectivity index (χ2v) is 12.7. The Balaban J connectivity index is 1.22. The van der Waals surface area contributed by atoms with Crippen molar-refractivity contribution in [2.24, 2.45) is 0 Å². The number of halogens is 1. The van der Waals surface area contributed by atoms with Gasteiger partial charge in [-0.1, -0.05) is 31.5 Å². The molecule has 0 amide bonds. The molecule has 0 aliphatic carbocycles. The molecule has 6 rings (SSSR count). The van der Waals surface area contributed by atoms with Gasteiger partial charge in [0.2, 0.25) is 5.95 Å². The SMILES string of the molecule is CCCCOc1c(F)cc(-c2cnc(Nc3ccc(N4CCC(N5CCN(C)CC5)CC4)cc3OC)nc2Nc2ccccc2)cc1C=O. The van der Waals surface area contributed by atoms with E-state index in [4.69, 9.17) is 14.5 Å².